The summed E-state index contributed by atoms with van der Waals surface area (Å²) in [6.07, 6.45) is 8.76. The Morgan fingerprint density at radius 2 is 1.91 bits per heavy atom. The topological polar surface area (TPSA) is 38.3 Å². The Morgan fingerprint density at radius 1 is 1.22 bits per heavy atom. The standard InChI is InChI=1S/C20H27NO2/c1-14-10-11-16-17(21-20(2,3)23-19(16)12-14)13-18(22)15-8-6-4-5-7-9-15/h10-13,15,21H,4-9H2,1-3H3/b17-13+. The molecule has 1 heterocycles. The van der Waals surface area contributed by atoms with Gasteiger partial charge in [-0.25, -0.2) is 0 Å². The van der Waals surface area contributed by atoms with Gasteiger partial charge in [-0.3, -0.25) is 4.79 Å². The molecule has 0 spiro atoms. The van der Waals surface area contributed by atoms with Crippen LogP contribution in [0, 0.1) is 12.8 Å². The zero-order valence-electron chi connectivity index (χ0n) is 14.4. The molecule has 0 bridgehead atoms. The van der Waals surface area contributed by atoms with Gasteiger partial charge in [0.05, 0.1) is 5.70 Å². The smallest absolute Gasteiger partial charge is 0.175 e. The number of ketones is 1. The molecule has 124 valence electrons. The van der Waals surface area contributed by atoms with Gasteiger partial charge in [-0.05, 0) is 51.3 Å². The van der Waals surface area contributed by atoms with Gasteiger partial charge in [0.2, 0.25) is 0 Å². The second-order valence-corrected chi connectivity index (χ2v) is 7.39. The fourth-order valence-corrected chi connectivity index (χ4v) is 3.57. The average Bonchev–Trinajstić information content (AvgIpc) is 2.74. The van der Waals surface area contributed by atoms with Crippen molar-refractivity contribution in [3.63, 3.8) is 0 Å². The highest BCUT2D eigenvalue weighted by molar-refractivity contribution is 5.98. The molecule has 3 nitrogen and oxygen atoms in total. The third kappa shape index (κ3) is 3.77. The number of carbonyl (C=O) groups is 1. The van der Waals surface area contributed by atoms with Gasteiger partial charge in [0.15, 0.2) is 11.5 Å². The quantitative estimate of drug-likeness (QED) is 0.641. The third-order valence-corrected chi connectivity index (χ3v) is 4.77. The molecular formula is C20H27NO2. The summed E-state index contributed by atoms with van der Waals surface area (Å²) in [4.78, 5) is 12.7. The van der Waals surface area contributed by atoms with Gasteiger partial charge in [0, 0.05) is 17.6 Å². The summed E-state index contributed by atoms with van der Waals surface area (Å²) in [6.45, 7) is 6.03. The summed E-state index contributed by atoms with van der Waals surface area (Å²) in [5.41, 5.74) is 2.54. The molecule has 0 atom stereocenters. The molecule has 2 aliphatic rings. The number of hydrogen-bond acceptors (Lipinski definition) is 3. The van der Waals surface area contributed by atoms with Crippen molar-refractivity contribution in [3.05, 3.63) is 35.4 Å². The predicted octanol–water partition coefficient (Wildman–Crippen LogP) is 4.59. The van der Waals surface area contributed by atoms with Crippen LogP contribution in [0.15, 0.2) is 24.3 Å². The molecule has 1 aliphatic carbocycles. The minimum atomic E-state index is -0.504. The molecule has 0 unspecified atom stereocenters. The van der Waals surface area contributed by atoms with Crippen LogP contribution in [0.5, 0.6) is 5.75 Å². The minimum absolute atomic E-state index is 0.187. The maximum absolute atomic E-state index is 12.7. The highest BCUT2D eigenvalue weighted by atomic mass is 16.5. The zero-order valence-corrected chi connectivity index (χ0v) is 14.4. The van der Waals surface area contributed by atoms with E-state index in [0.717, 1.165) is 35.4 Å². The second kappa shape index (κ2) is 6.38. The van der Waals surface area contributed by atoms with Gasteiger partial charge in [-0.15, -0.1) is 0 Å². The van der Waals surface area contributed by atoms with Gasteiger partial charge in [0.25, 0.3) is 0 Å². The number of carbonyl (C=O) groups excluding carboxylic acids is 1. The number of aryl methyl sites for hydroxylation is 1. The first-order valence-corrected chi connectivity index (χ1v) is 8.78. The summed E-state index contributed by atoms with van der Waals surface area (Å²) >= 11 is 0. The van der Waals surface area contributed by atoms with Crippen molar-refractivity contribution >= 4 is 11.5 Å². The normalized spacial score (nSPS) is 22.7. The first-order valence-electron chi connectivity index (χ1n) is 8.78. The summed E-state index contributed by atoms with van der Waals surface area (Å²) < 4.78 is 6.01. The van der Waals surface area contributed by atoms with Crippen LogP contribution in [0.25, 0.3) is 5.70 Å². The van der Waals surface area contributed by atoms with Gasteiger partial charge in [0.1, 0.15) is 5.75 Å². The molecule has 3 rings (SSSR count). The molecule has 1 aromatic rings. The lowest BCUT2D eigenvalue weighted by Crippen LogP contribution is -2.46. The van der Waals surface area contributed by atoms with Crippen molar-refractivity contribution in [2.45, 2.75) is 65.0 Å². The molecule has 1 aromatic carbocycles. The highest BCUT2D eigenvalue weighted by Crippen LogP contribution is 2.35. The summed E-state index contributed by atoms with van der Waals surface area (Å²) in [5, 5.41) is 3.37. The van der Waals surface area contributed by atoms with Crippen LogP contribution in [0.4, 0.5) is 0 Å². The molecule has 3 heteroatoms. The van der Waals surface area contributed by atoms with Crippen molar-refractivity contribution in [2.75, 3.05) is 0 Å². The van der Waals surface area contributed by atoms with Crippen molar-refractivity contribution in [3.8, 4) is 5.75 Å². The first kappa shape index (κ1) is 16.1. The van der Waals surface area contributed by atoms with E-state index in [0.29, 0.717) is 0 Å². The molecule has 1 fully saturated rings. The first-order chi connectivity index (χ1) is 10.9. The van der Waals surface area contributed by atoms with Crippen LogP contribution in [0.3, 0.4) is 0 Å². The number of rotatable bonds is 2. The number of fused-ring (bicyclic) bond motifs is 1. The monoisotopic (exact) mass is 313 g/mol. The van der Waals surface area contributed by atoms with E-state index in [1.54, 1.807) is 0 Å². The van der Waals surface area contributed by atoms with E-state index >= 15 is 0 Å². The number of ether oxygens (including phenoxy) is 1. The summed E-state index contributed by atoms with van der Waals surface area (Å²) in [6, 6.07) is 6.15. The molecule has 1 aliphatic heterocycles. The van der Waals surface area contributed by atoms with Crippen LogP contribution >= 0.6 is 0 Å². The number of nitrogens with one attached hydrogen (secondary N) is 1. The number of allylic oxidation sites excluding steroid dienone is 1. The van der Waals surface area contributed by atoms with Crippen molar-refractivity contribution < 1.29 is 9.53 Å². The van der Waals surface area contributed by atoms with Crippen LogP contribution in [0.1, 0.15) is 63.5 Å². The lowest BCUT2D eigenvalue weighted by molar-refractivity contribution is -0.118. The van der Waals surface area contributed by atoms with Crippen LogP contribution in [-0.2, 0) is 4.79 Å². The van der Waals surface area contributed by atoms with Crippen molar-refractivity contribution in [1.29, 1.82) is 0 Å². The Kier molecular flexibility index (Phi) is 4.47. The maximum Gasteiger partial charge on any atom is 0.175 e. The zero-order chi connectivity index (χ0) is 16.4. The lowest BCUT2D eigenvalue weighted by atomic mass is 9.93. The van der Waals surface area contributed by atoms with E-state index in [2.05, 4.69) is 18.3 Å². The Balaban J connectivity index is 1.90. The van der Waals surface area contributed by atoms with E-state index in [4.69, 9.17) is 4.74 Å². The Hall–Kier alpha value is -1.77. The molecule has 0 amide bonds. The maximum atomic E-state index is 12.7. The van der Waals surface area contributed by atoms with Gasteiger partial charge >= 0.3 is 0 Å². The van der Waals surface area contributed by atoms with E-state index in [-0.39, 0.29) is 11.7 Å². The van der Waals surface area contributed by atoms with Crippen LogP contribution in [0.2, 0.25) is 0 Å². The fraction of sp³-hybridized carbons (Fsp3) is 0.550. The molecule has 0 aromatic heterocycles. The molecule has 1 saturated carbocycles. The fourth-order valence-electron chi connectivity index (χ4n) is 3.57. The largest absolute Gasteiger partial charge is 0.468 e. The van der Waals surface area contributed by atoms with Gasteiger partial charge in [-0.1, -0.05) is 31.7 Å². The average molecular weight is 313 g/mol. The van der Waals surface area contributed by atoms with Crippen molar-refractivity contribution in [2.24, 2.45) is 5.92 Å². The molecule has 0 saturated heterocycles. The van der Waals surface area contributed by atoms with Crippen molar-refractivity contribution in [1.82, 2.24) is 5.32 Å². The summed E-state index contributed by atoms with van der Waals surface area (Å²) in [5.74, 6) is 1.30. The Labute approximate surface area is 139 Å². The molecule has 23 heavy (non-hydrogen) atoms. The van der Waals surface area contributed by atoms with E-state index in [1.165, 1.54) is 25.7 Å². The Bertz CT molecular complexity index is 623. The van der Waals surface area contributed by atoms with E-state index in [9.17, 15) is 4.79 Å². The molecule has 0 radical (unpaired) electrons. The molecular weight excluding hydrogens is 286 g/mol. The predicted molar refractivity (Wildman–Crippen MR) is 93.2 cm³/mol. The second-order valence-electron chi connectivity index (χ2n) is 7.39. The lowest BCUT2D eigenvalue weighted by Gasteiger charge is -2.36. The van der Waals surface area contributed by atoms with E-state index in [1.807, 2.05) is 32.1 Å². The number of benzene rings is 1. The van der Waals surface area contributed by atoms with Crippen LogP contribution < -0.4 is 10.1 Å². The highest BCUT2D eigenvalue weighted by Gasteiger charge is 2.30. The van der Waals surface area contributed by atoms with E-state index < -0.39 is 5.72 Å². The SMILES string of the molecule is Cc1ccc2c(c1)OC(C)(C)N/C2=C/C(=O)C1CCCCCC1. The number of hydrogen-bond donors (Lipinski definition) is 1. The summed E-state index contributed by atoms with van der Waals surface area (Å²) in [7, 11) is 0. The van der Waals surface area contributed by atoms with Gasteiger partial charge < -0.3 is 10.1 Å². The third-order valence-electron chi connectivity index (χ3n) is 4.77. The Morgan fingerprint density at radius 3 is 2.61 bits per heavy atom. The van der Waals surface area contributed by atoms with Crippen LogP contribution in [-0.4, -0.2) is 11.5 Å². The molecule has 1 N–H and O–H groups in total. The minimum Gasteiger partial charge on any atom is -0.468 e. The van der Waals surface area contributed by atoms with Gasteiger partial charge in [-0.2, -0.15) is 0 Å².